The van der Waals surface area contributed by atoms with Crippen LogP contribution < -0.4 is 4.90 Å². The molecule has 1 aliphatic heterocycles. The van der Waals surface area contributed by atoms with Gasteiger partial charge in [0.2, 0.25) is 0 Å². The molecule has 1 saturated heterocycles. The lowest BCUT2D eigenvalue weighted by molar-refractivity contribution is 0.140. The standard InChI is InChI=1S/C16H21N5O/c1-2-3-4-7-20-8-9-21(11-13(22)10-20)16-14-5-6-17-15(14)18-12-19-16/h5-6,12-13,22H,2,7-11H2,1H3,(H,17,18,19). The van der Waals surface area contributed by atoms with Crippen molar-refractivity contribution in [3.63, 3.8) is 0 Å². The van der Waals surface area contributed by atoms with E-state index in [-0.39, 0.29) is 0 Å². The van der Waals surface area contributed by atoms with Gasteiger partial charge in [0.15, 0.2) is 0 Å². The van der Waals surface area contributed by atoms with Crippen LogP contribution in [-0.2, 0) is 0 Å². The summed E-state index contributed by atoms with van der Waals surface area (Å²) in [5.74, 6) is 7.11. The maximum atomic E-state index is 10.3. The summed E-state index contributed by atoms with van der Waals surface area (Å²) >= 11 is 0. The zero-order chi connectivity index (χ0) is 15.4. The van der Waals surface area contributed by atoms with Crippen molar-refractivity contribution in [1.29, 1.82) is 0 Å². The molecule has 1 aliphatic rings. The predicted molar refractivity (Wildman–Crippen MR) is 86.6 cm³/mol. The number of H-pyrrole nitrogens is 1. The van der Waals surface area contributed by atoms with Crippen LogP contribution in [0.2, 0.25) is 0 Å². The lowest BCUT2D eigenvalue weighted by Gasteiger charge is -2.23. The summed E-state index contributed by atoms with van der Waals surface area (Å²) in [4.78, 5) is 16.1. The Morgan fingerprint density at radius 1 is 1.32 bits per heavy atom. The zero-order valence-electron chi connectivity index (χ0n) is 12.8. The molecule has 6 heteroatoms. The van der Waals surface area contributed by atoms with Crippen LogP contribution in [0.25, 0.3) is 11.0 Å². The third kappa shape index (κ3) is 3.21. The van der Waals surface area contributed by atoms with Crippen LogP contribution in [0, 0.1) is 11.8 Å². The molecule has 0 spiro atoms. The molecular weight excluding hydrogens is 278 g/mol. The number of β-amino-alcohol motifs (C(OH)–C–C–N with tert-alkyl or cyclic N) is 1. The third-order valence-electron chi connectivity index (χ3n) is 3.82. The first-order valence-corrected chi connectivity index (χ1v) is 7.67. The fraction of sp³-hybridized carbons (Fsp3) is 0.500. The van der Waals surface area contributed by atoms with Crippen LogP contribution in [-0.4, -0.2) is 63.8 Å². The molecule has 0 amide bonds. The first kappa shape index (κ1) is 14.8. The van der Waals surface area contributed by atoms with Gasteiger partial charge in [0.05, 0.1) is 18.0 Å². The van der Waals surface area contributed by atoms with Gasteiger partial charge in [-0.15, -0.1) is 5.92 Å². The van der Waals surface area contributed by atoms with Gasteiger partial charge in [0.25, 0.3) is 0 Å². The molecule has 2 N–H and O–H groups in total. The van der Waals surface area contributed by atoms with Gasteiger partial charge in [-0.2, -0.15) is 0 Å². The topological polar surface area (TPSA) is 68.3 Å². The molecule has 1 fully saturated rings. The monoisotopic (exact) mass is 299 g/mol. The molecule has 3 rings (SSSR count). The minimum Gasteiger partial charge on any atom is -0.390 e. The zero-order valence-corrected chi connectivity index (χ0v) is 12.8. The summed E-state index contributed by atoms with van der Waals surface area (Å²) in [6.45, 7) is 5.67. The first-order chi connectivity index (χ1) is 10.8. The number of aromatic nitrogens is 3. The van der Waals surface area contributed by atoms with E-state index < -0.39 is 6.10 Å². The van der Waals surface area contributed by atoms with Crippen LogP contribution in [0.15, 0.2) is 18.6 Å². The van der Waals surface area contributed by atoms with E-state index >= 15 is 0 Å². The summed E-state index contributed by atoms with van der Waals surface area (Å²) in [7, 11) is 0. The van der Waals surface area contributed by atoms with Gasteiger partial charge < -0.3 is 15.0 Å². The summed E-state index contributed by atoms with van der Waals surface area (Å²) in [6.07, 6.45) is 3.89. The van der Waals surface area contributed by atoms with Crippen molar-refractivity contribution in [1.82, 2.24) is 19.9 Å². The van der Waals surface area contributed by atoms with Gasteiger partial charge in [-0.25, -0.2) is 9.97 Å². The molecule has 0 aromatic carbocycles. The molecule has 0 saturated carbocycles. The van der Waals surface area contributed by atoms with Crippen molar-refractivity contribution in [2.45, 2.75) is 19.4 Å². The Morgan fingerprint density at radius 3 is 3.09 bits per heavy atom. The summed E-state index contributed by atoms with van der Waals surface area (Å²) < 4.78 is 0. The quantitative estimate of drug-likeness (QED) is 0.805. The van der Waals surface area contributed by atoms with Crippen LogP contribution in [0.1, 0.15) is 13.3 Å². The molecule has 22 heavy (non-hydrogen) atoms. The molecule has 0 radical (unpaired) electrons. The van der Waals surface area contributed by atoms with Crippen molar-refractivity contribution in [3.05, 3.63) is 18.6 Å². The Balaban J connectivity index is 1.77. The van der Waals surface area contributed by atoms with Crippen molar-refractivity contribution in [3.8, 4) is 11.8 Å². The fourth-order valence-electron chi connectivity index (χ4n) is 2.79. The van der Waals surface area contributed by atoms with Crippen molar-refractivity contribution >= 4 is 16.9 Å². The maximum Gasteiger partial charge on any atom is 0.142 e. The Morgan fingerprint density at radius 2 is 2.23 bits per heavy atom. The van der Waals surface area contributed by atoms with Crippen LogP contribution in [0.5, 0.6) is 0 Å². The molecule has 0 bridgehead atoms. The lowest BCUT2D eigenvalue weighted by atomic mass is 10.3. The van der Waals surface area contributed by atoms with E-state index in [0.29, 0.717) is 19.6 Å². The SMILES string of the molecule is CCC#CCN1CCN(c2ncnc3[nH]ccc23)CC(O)C1. The molecule has 2 aromatic rings. The first-order valence-electron chi connectivity index (χ1n) is 7.67. The molecule has 2 aromatic heterocycles. The van der Waals surface area contributed by atoms with Gasteiger partial charge in [-0.05, 0) is 6.07 Å². The summed E-state index contributed by atoms with van der Waals surface area (Å²) in [6, 6.07) is 1.98. The van der Waals surface area contributed by atoms with E-state index in [1.807, 2.05) is 19.2 Å². The minimum absolute atomic E-state index is 0.408. The number of rotatable bonds is 2. The van der Waals surface area contributed by atoms with Crippen LogP contribution in [0.4, 0.5) is 5.82 Å². The smallest absolute Gasteiger partial charge is 0.142 e. The molecule has 1 unspecified atom stereocenters. The minimum atomic E-state index is -0.408. The van der Waals surface area contributed by atoms with Crippen molar-refractivity contribution in [2.24, 2.45) is 0 Å². The number of anilines is 1. The Bertz CT molecular complexity index is 686. The predicted octanol–water partition coefficient (Wildman–Crippen LogP) is 0.854. The van der Waals surface area contributed by atoms with E-state index in [4.69, 9.17) is 0 Å². The van der Waals surface area contributed by atoms with Crippen molar-refractivity contribution in [2.75, 3.05) is 37.6 Å². The van der Waals surface area contributed by atoms with Gasteiger partial charge in [0.1, 0.15) is 17.8 Å². The Hall–Kier alpha value is -2.10. The second kappa shape index (κ2) is 6.77. The average molecular weight is 299 g/mol. The number of fused-ring (bicyclic) bond motifs is 1. The molecule has 116 valence electrons. The fourth-order valence-corrected chi connectivity index (χ4v) is 2.79. The highest BCUT2D eigenvalue weighted by Gasteiger charge is 2.23. The van der Waals surface area contributed by atoms with E-state index in [1.165, 1.54) is 0 Å². The molecule has 6 nitrogen and oxygen atoms in total. The highest BCUT2D eigenvalue weighted by Crippen LogP contribution is 2.23. The van der Waals surface area contributed by atoms with E-state index in [9.17, 15) is 5.11 Å². The van der Waals surface area contributed by atoms with Gasteiger partial charge in [0, 0.05) is 38.8 Å². The molecule has 1 atom stereocenters. The average Bonchev–Trinajstić information content (AvgIpc) is 2.92. The van der Waals surface area contributed by atoms with E-state index in [2.05, 4.69) is 36.6 Å². The molecule has 0 aliphatic carbocycles. The number of aliphatic hydroxyl groups is 1. The van der Waals surface area contributed by atoms with E-state index in [1.54, 1.807) is 6.33 Å². The second-order valence-electron chi connectivity index (χ2n) is 5.48. The highest BCUT2D eigenvalue weighted by atomic mass is 16.3. The lowest BCUT2D eigenvalue weighted by Crippen LogP contribution is -2.34. The maximum absolute atomic E-state index is 10.3. The van der Waals surface area contributed by atoms with Gasteiger partial charge >= 0.3 is 0 Å². The molecule has 3 heterocycles. The number of aliphatic hydroxyl groups excluding tert-OH is 1. The largest absolute Gasteiger partial charge is 0.390 e. The van der Waals surface area contributed by atoms with Crippen LogP contribution in [0.3, 0.4) is 0 Å². The summed E-state index contributed by atoms with van der Waals surface area (Å²) in [5.41, 5.74) is 0.828. The number of nitrogens with zero attached hydrogens (tertiary/aromatic N) is 4. The van der Waals surface area contributed by atoms with Gasteiger partial charge in [-0.1, -0.05) is 12.8 Å². The third-order valence-corrected chi connectivity index (χ3v) is 3.82. The Kier molecular flexibility index (Phi) is 4.56. The Labute approximate surface area is 130 Å². The van der Waals surface area contributed by atoms with E-state index in [0.717, 1.165) is 36.4 Å². The number of nitrogens with one attached hydrogen (secondary N) is 1. The van der Waals surface area contributed by atoms with Crippen molar-refractivity contribution < 1.29 is 5.11 Å². The number of hydrogen-bond donors (Lipinski definition) is 2. The summed E-state index contributed by atoms with van der Waals surface area (Å²) in [5, 5.41) is 11.3. The normalized spacial score (nSPS) is 19.7. The van der Waals surface area contributed by atoms with Crippen LogP contribution >= 0.6 is 0 Å². The van der Waals surface area contributed by atoms with Gasteiger partial charge in [-0.3, -0.25) is 4.90 Å². The number of aromatic amines is 1. The molecular formula is C16H21N5O. The second-order valence-corrected chi connectivity index (χ2v) is 5.48. The number of hydrogen-bond acceptors (Lipinski definition) is 5. The highest BCUT2D eigenvalue weighted by molar-refractivity contribution is 5.87.